The van der Waals surface area contributed by atoms with Crippen molar-refractivity contribution in [1.29, 1.82) is 0 Å². The third-order valence-corrected chi connectivity index (χ3v) is 3.65. The van der Waals surface area contributed by atoms with Crippen molar-refractivity contribution in [3.63, 3.8) is 0 Å². The van der Waals surface area contributed by atoms with Crippen molar-refractivity contribution >= 4 is 17.0 Å². The van der Waals surface area contributed by atoms with Crippen LogP contribution in [0.25, 0.3) is 16.7 Å². The second-order valence-electron chi connectivity index (χ2n) is 5.27. The lowest BCUT2D eigenvalue weighted by atomic mass is 10.1. The maximum atomic E-state index is 13.3. The molecule has 1 amide bonds. The van der Waals surface area contributed by atoms with E-state index in [0.717, 1.165) is 10.6 Å². The van der Waals surface area contributed by atoms with Gasteiger partial charge in [-0.2, -0.15) is 5.10 Å². The average Bonchev–Trinajstić information content (AvgIpc) is 3.07. The third-order valence-electron chi connectivity index (χ3n) is 3.65. The highest BCUT2D eigenvalue weighted by Gasteiger charge is 2.23. The zero-order valence-electron chi connectivity index (χ0n) is 12.9. The van der Waals surface area contributed by atoms with Crippen molar-refractivity contribution in [1.82, 2.24) is 25.1 Å². The molecule has 8 nitrogen and oxygen atoms in total. The largest absolute Gasteiger partial charge is 0.465 e. The van der Waals surface area contributed by atoms with E-state index in [9.17, 15) is 18.4 Å². The molecule has 1 unspecified atom stereocenters. The molecule has 1 atom stereocenters. The number of H-pyrrole nitrogens is 1. The summed E-state index contributed by atoms with van der Waals surface area (Å²) in [6, 6.07) is 4.54. The van der Waals surface area contributed by atoms with Crippen molar-refractivity contribution in [2.24, 2.45) is 0 Å². The van der Waals surface area contributed by atoms with Crippen LogP contribution in [0.3, 0.4) is 0 Å². The maximum Gasteiger partial charge on any atom is 0.405 e. The molecule has 0 bridgehead atoms. The Morgan fingerprint density at radius 3 is 2.72 bits per heavy atom. The molecule has 0 aliphatic rings. The second kappa shape index (κ2) is 6.30. The number of hydrogen-bond acceptors (Lipinski definition) is 4. The van der Waals surface area contributed by atoms with E-state index in [-0.39, 0.29) is 22.5 Å². The van der Waals surface area contributed by atoms with E-state index in [1.807, 2.05) is 0 Å². The number of fused-ring (bicyclic) bond motifs is 1. The summed E-state index contributed by atoms with van der Waals surface area (Å²) in [4.78, 5) is 28.1. The number of alkyl halides is 2. The number of halogens is 2. The van der Waals surface area contributed by atoms with Gasteiger partial charge in [0.05, 0.1) is 23.1 Å². The monoisotopic (exact) mass is 349 g/mol. The van der Waals surface area contributed by atoms with E-state index in [2.05, 4.69) is 20.5 Å². The predicted molar refractivity (Wildman–Crippen MR) is 84.0 cm³/mol. The summed E-state index contributed by atoms with van der Waals surface area (Å²) in [6.45, 7) is 1.49. The van der Waals surface area contributed by atoms with Crippen LogP contribution in [0.4, 0.5) is 13.6 Å². The Balaban J connectivity index is 2.38. The summed E-state index contributed by atoms with van der Waals surface area (Å²) in [7, 11) is 0. The standard InChI is InChI=1S/C15H13F2N5O3/c1-7(19-15(24)25)13-20-9-4-2-3-8(12(16)17)11(9)14(23)22(13)10-5-6-18-21-10/h2-7,12,19H,1H3,(H,18,21)(H,24,25). The Morgan fingerprint density at radius 2 is 2.12 bits per heavy atom. The maximum absolute atomic E-state index is 13.3. The fourth-order valence-electron chi connectivity index (χ4n) is 2.60. The molecule has 3 N–H and O–H groups in total. The van der Waals surface area contributed by atoms with Crippen LogP contribution in [0, 0.1) is 0 Å². The molecular weight excluding hydrogens is 336 g/mol. The van der Waals surface area contributed by atoms with Gasteiger partial charge >= 0.3 is 6.09 Å². The normalized spacial score (nSPS) is 12.5. The van der Waals surface area contributed by atoms with Gasteiger partial charge in [0.2, 0.25) is 0 Å². The van der Waals surface area contributed by atoms with Crippen LogP contribution in [0.2, 0.25) is 0 Å². The Labute approximate surface area is 139 Å². The first-order valence-corrected chi connectivity index (χ1v) is 7.23. The van der Waals surface area contributed by atoms with Crippen LogP contribution in [-0.4, -0.2) is 30.9 Å². The first-order chi connectivity index (χ1) is 11.9. The molecule has 0 fully saturated rings. The Bertz CT molecular complexity index is 985. The van der Waals surface area contributed by atoms with Gasteiger partial charge in [0.1, 0.15) is 11.6 Å². The molecule has 3 aromatic rings. The van der Waals surface area contributed by atoms with E-state index >= 15 is 0 Å². The fourth-order valence-corrected chi connectivity index (χ4v) is 2.60. The van der Waals surface area contributed by atoms with Gasteiger partial charge < -0.3 is 10.4 Å². The summed E-state index contributed by atoms with van der Waals surface area (Å²) in [5.74, 6) is 0.244. The van der Waals surface area contributed by atoms with Crippen LogP contribution < -0.4 is 10.9 Å². The number of carboxylic acid groups (broad SMARTS) is 1. The lowest BCUT2D eigenvalue weighted by Gasteiger charge is -2.18. The first kappa shape index (κ1) is 16.6. The molecule has 10 heteroatoms. The molecule has 130 valence electrons. The minimum absolute atomic E-state index is 0.0515. The molecule has 0 saturated heterocycles. The third kappa shape index (κ3) is 2.93. The van der Waals surface area contributed by atoms with Crippen molar-refractivity contribution < 1.29 is 18.7 Å². The zero-order valence-corrected chi connectivity index (χ0v) is 12.9. The molecule has 0 aliphatic heterocycles. The highest BCUT2D eigenvalue weighted by molar-refractivity contribution is 5.82. The number of nitrogens with one attached hydrogen (secondary N) is 2. The van der Waals surface area contributed by atoms with E-state index in [1.165, 1.54) is 31.3 Å². The molecule has 0 spiro atoms. The van der Waals surface area contributed by atoms with Crippen molar-refractivity contribution in [2.75, 3.05) is 0 Å². The number of amides is 1. The number of hydrogen-bond donors (Lipinski definition) is 3. The minimum atomic E-state index is -2.85. The number of nitrogens with zero attached hydrogens (tertiary/aromatic N) is 3. The van der Waals surface area contributed by atoms with Crippen LogP contribution in [0.1, 0.15) is 30.8 Å². The summed E-state index contributed by atoms with van der Waals surface area (Å²) >= 11 is 0. The van der Waals surface area contributed by atoms with Crippen LogP contribution in [-0.2, 0) is 0 Å². The SMILES string of the molecule is CC(NC(=O)O)c1nc2cccc(C(F)F)c2c(=O)n1-c1ccn[nH]1. The topological polar surface area (TPSA) is 113 Å². The van der Waals surface area contributed by atoms with Crippen LogP contribution >= 0.6 is 0 Å². The van der Waals surface area contributed by atoms with E-state index < -0.39 is 29.7 Å². The van der Waals surface area contributed by atoms with Gasteiger partial charge in [-0.3, -0.25) is 9.89 Å². The Kier molecular flexibility index (Phi) is 4.17. The fraction of sp³-hybridized carbons (Fsp3) is 0.200. The molecule has 2 aromatic heterocycles. The molecule has 3 rings (SSSR count). The lowest BCUT2D eigenvalue weighted by molar-refractivity contribution is 0.153. The Hall–Kier alpha value is -3.30. The molecule has 0 aliphatic carbocycles. The van der Waals surface area contributed by atoms with Crippen molar-refractivity contribution in [3.8, 4) is 5.82 Å². The summed E-state index contributed by atoms with van der Waals surface area (Å²) in [6.07, 6.45) is -2.78. The van der Waals surface area contributed by atoms with Gasteiger partial charge in [-0.05, 0) is 13.0 Å². The van der Waals surface area contributed by atoms with Gasteiger partial charge in [0.25, 0.3) is 12.0 Å². The summed E-state index contributed by atoms with van der Waals surface area (Å²) in [5.41, 5.74) is -1.11. The zero-order chi connectivity index (χ0) is 18.1. The summed E-state index contributed by atoms with van der Waals surface area (Å²) in [5, 5.41) is 17.2. The van der Waals surface area contributed by atoms with Crippen molar-refractivity contribution in [2.45, 2.75) is 19.4 Å². The van der Waals surface area contributed by atoms with E-state index in [4.69, 9.17) is 5.11 Å². The smallest absolute Gasteiger partial charge is 0.405 e. The lowest BCUT2D eigenvalue weighted by Crippen LogP contribution is -2.33. The number of benzene rings is 1. The first-order valence-electron chi connectivity index (χ1n) is 7.23. The summed E-state index contributed by atoms with van der Waals surface area (Å²) < 4.78 is 27.6. The highest BCUT2D eigenvalue weighted by atomic mass is 19.3. The van der Waals surface area contributed by atoms with Gasteiger partial charge in [0.15, 0.2) is 0 Å². The minimum Gasteiger partial charge on any atom is -0.465 e. The molecule has 0 radical (unpaired) electrons. The molecule has 25 heavy (non-hydrogen) atoms. The molecule has 0 saturated carbocycles. The van der Waals surface area contributed by atoms with Gasteiger partial charge in [-0.25, -0.2) is 23.1 Å². The van der Waals surface area contributed by atoms with E-state index in [0.29, 0.717) is 0 Å². The van der Waals surface area contributed by atoms with Crippen LogP contribution in [0.15, 0.2) is 35.3 Å². The number of aromatic nitrogens is 4. The second-order valence-corrected chi connectivity index (χ2v) is 5.27. The number of rotatable bonds is 4. The van der Waals surface area contributed by atoms with Gasteiger partial charge in [0, 0.05) is 11.6 Å². The molecular formula is C15H13F2N5O3. The molecule has 2 heterocycles. The van der Waals surface area contributed by atoms with Gasteiger partial charge in [-0.1, -0.05) is 12.1 Å². The van der Waals surface area contributed by atoms with Gasteiger partial charge in [-0.15, -0.1) is 0 Å². The van der Waals surface area contributed by atoms with E-state index in [1.54, 1.807) is 0 Å². The Morgan fingerprint density at radius 1 is 1.36 bits per heavy atom. The highest BCUT2D eigenvalue weighted by Crippen LogP contribution is 2.26. The number of carbonyl (C=O) groups is 1. The predicted octanol–water partition coefficient (Wildman–Crippen LogP) is 2.38. The quantitative estimate of drug-likeness (QED) is 0.669. The van der Waals surface area contributed by atoms with Crippen molar-refractivity contribution in [3.05, 3.63) is 52.2 Å². The van der Waals surface area contributed by atoms with Crippen LogP contribution in [0.5, 0.6) is 0 Å². The number of aromatic amines is 1. The molecule has 1 aromatic carbocycles. The average molecular weight is 349 g/mol.